The summed E-state index contributed by atoms with van der Waals surface area (Å²) in [5.74, 6) is 0.894. The van der Waals surface area contributed by atoms with E-state index in [1.54, 1.807) is 18.2 Å². The largest absolute Gasteiger partial charge is 0.486 e. The number of anilines is 1. The van der Waals surface area contributed by atoms with Gasteiger partial charge in [-0.15, -0.1) is 0 Å². The molecular formula is C22H20N2O4. The van der Waals surface area contributed by atoms with Gasteiger partial charge in [0.1, 0.15) is 13.2 Å². The number of fused-ring (bicyclic) bond motifs is 2. The third kappa shape index (κ3) is 3.81. The van der Waals surface area contributed by atoms with Gasteiger partial charge in [0.15, 0.2) is 17.3 Å². The molecule has 6 nitrogen and oxygen atoms in total. The van der Waals surface area contributed by atoms with E-state index in [9.17, 15) is 9.59 Å². The van der Waals surface area contributed by atoms with Crippen molar-refractivity contribution < 1.29 is 19.1 Å². The van der Waals surface area contributed by atoms with Gasteiger partial charge in [-0.3, -0.25) is 14.6 Å². The molecular weight excluding hydrogens is 356 g/mol. The molecule has 2 aromatic carbocycles. The first kappa shape index (κ1) is 18.0. The molecule has 1 N–H and O–H groups in total. The number of rotatable bonds is 5. The molecule has 6 heteroatoms. The minimum atomic E-state index is -0.207. The molecule has 0 saturated heterocycles. The van der Waals surface area contributed by atoms with E-state index in [0.717, 1.165) is 16.6 Å². The van der Waals surface area contributed by atoms with Crippen molar-refractivity contribution >= 4 is 28.3 Å². The van der Waals surface area contributed by atoms with Crippen LogP contribution in [0.15, 0.2) is 48.5 Å². The van der Waals surface area contributed by atoms with Crippen molar-refractivity contribution in [2.45, 2.75) is 19.8 Å². The van der Waals surface area contributed by atoms with E-state index in [4.69, 9.17) is 9.47 Å². The number of amides is 1. The number of ketones is 1. The summed E-state index contributed by atoms with van der Waals surface area (Å²) in [7, 11) is 0. The Morgan fingerprint density at radius 2 is 1.79 bits per heavy atom. The second kappa shape index (κ2) is 7.68. The molecule has 1 aliphatic heterocycles. The maximum atomic E-state index is 12.5. The quantitative estimate of drug-likeness (QED) is 0.683. The van der Waals surface area contributed by atoms with Crippen LogP contribution < -0.4 is 14.8 Å². The standard InChI is InChI=1S/C22H20N2O4/c1-14-12-18(16-4-2-3-5-17(16)23-14)24-22(26)9-7-19(25)15-6-8-20-21(13-15)28-11-10-27-20/h2-6,8,12-13H,7,9-11H2,1H3,(H,23,24,26). The Balaban J connectivity index is 1.42. The lowest BCUT2D eigenvalue weighted by atomic mass is 10.1. The molecule has 0 saturated carbocycles. The zero-order valence-electron chi connectivity index (χ0n) is 15.5. The lowest BCUT2D eigenvalue weighted by Crippen LogP contribution is -2.16. The first-order chi connectivity index (χ1) is 13.6. The molecule has 0 bridgehead atoms. The summed E-state index contributed by atoms with van der Waals surface area (Å²) in [6.45, 7) is 2.85. The summed E-state index contributed by atoms with van der Waals surface area (Å²) in [6, 6.07) is 14.6. The third-order valence-corrected chi connectivity index (χ3v) is 4.56. The van der Waals surface area contributed by atoms with Gasteiger partial charge in [0, 0.05) is 29.5 Å². The fraction of sp³-hybridized carbons (Fsp3) is 0.227. The van der Waals surface area contributed by atoms with E-state index in [1.807, 2.05) is 37.3 Å². The summed E-state index contributed by atoms with van der Waals surface area (Å²) < 4.78 is 11.0. The first-order valence-electron chi connectivity index (χ1n) is 9.19. The van der Waals surface area contributed by atoms with Crippen LogP contribution in [0.1, 0.15) is 28.9 Å². The number of Topliss-reactive ketones (excluding diaryl/α,β-unsaturated/α-hetero) is 1. The highest BCUT2D eigenvalue weighted by atomic mass is 16.6. The van der Waals surface area contributed by atoms with Crippen molar-refractivity contribution in [3.63, 3.8) is 0 Å². The van der Waals surface area contributed by atoms with Gasteiger partial charge < -0.3 is 14.8 Å². The summed E-state index contributed by atoms with van der Waals surface area (Å²) in [4.78, 5) is 29.3. The summed E-state index contributed by atoms with van der Waals surface area (Å²) in [5, 5.41) is 3.78. The van der Waals surface area contributed by atoms with Gasteiger partial charge >= 0.3 is 0 Å². The predicted molar refractivity (Wildman–Crippen MR) is 106 cm³/mol. The normalized spacial score (nSPS) is 12.6. The topological polar surface area (TPSA) is 77.5 Å². The Bertz CT molecular complexity index is 1060. The van der Waals surface area contributed by atoms with Crippen molar-refractivity contribution in [1.29, 1.82) is 0 Å². The molecule has 4 rings (SSSR count). The number of benzene rings is 2. The zero-order valence-corrected chi connectivity index (χ0v) is 15.5. The van der Waals surface area contributed by atoms with Crippen LogP contribution in [0.3, 0.4) is 0 Å². The molecule has 0 unspecified atom stereocenters. The minimum absolute atomic E-state index is 0.100. The monoisotopic (exact) mass is 376 g/mol. The molecule has 1 aromatic heterocycles. The van der Waals surface area contributed by atoms with Crippen LogP contribution in [0.4, 0.5) is 5.69 Å². The number of nitrogens with zero attached hydrogens (tertiary/aromatic N) is 1. The lowest BCUT2D eigenvalue weighted by molar-refractivity contribution is -0.116. The Morgan fingerprint density at radius 3 is 2.64 bits per heavy atom. The summed E-state index contributed by atoms with van der Waals surface area (Å²) in [6.07, 6.45) is 0.219. The van der Waals surface area contributed by atoms with E-state index in [2.05, 4.69) is 10.3 Å². The maximum Gasteiger partial charge on any atom is 0.224 e. The molecule has 2 heterocycles. The average molecular weight is 376 g/mol. The second-order valence-corrected chi connectivity index (χ2v) is 6.66. The molecule has 28 heavy (non-hydrogen) atoms. The molecule has 0 atom stereocenters. The predicted octanol–water partition coefficient (Wildman–Crippen LogP) is 3.92. The highest BCUT2D eigenvalue weighted by Crippen LogP contribution is 2.31. The van der Waals surface area contributed by atoms with Gasteiger partial charge in [-0.25, -0.2) is 0 Å². The number of para-hydroxylation sites is 1. The molecule has 0 aliphatic carbocycles. The van der Waals surface area contributed by atoms with Crippen LogP contribution in [-0.4, -0.2) is 29.9 Å². The van der Waals surface area contributed by atoms with Gasteiger partial charge in [-0.05, 0) is 37.3 Å². The van der Waals surface area contributed by atoms with Crippen molar-refractivity contribution in [3.05, 3.63) is 59.8 Å². The molecule has 1 aliphatic rings. The fourth-order valence-electron chi connectivity index (χ4n) is 3.21. The molecule has 0 radical (unpaired) electrons. The Labute approximate surface area is 162 Å². The molecule has 0 fully saturated rings. The van der Waals surface area contributed by atoms with Gasteiger partial charge in [0.05, 0.1) is 11.2 Å². The fourth-order valence-corrected chi connectivity index (χ4v) is 3.21. The molecule has 1 amide bonds. The first-order valence-corrected chi connectivity index (χ1v) is 9.19. The average Bonchev–Trinajstić information content (AvgIpc) is 2.71. The number of ether oxygens (including phenoxy) is 2. The Morgan fingerprint density at radius 1 is 1.00 bits per heavy atom. The van der Waals surface area contributed by atoms with Crippen molar-refractivity contribution in [2.75, 3.05) is 18.5 Å². The van der Waals surface area contributed by atoms with Gasteiger partial charge in [-0.2, -0.15) is 0 Å². The van der Waals surface area contributed by atoms with E-state index < -0.39 is 0 Å². The van der Waals surface area contributed by atoms with E-state index in [1.165, 1.54) is 0 Å². The molecule has 0 spiro atoms. The van der Waals surface area contributed by atoms with E-state index >= 15 is 0 Å². The number of nitrogens with one attached hydrogen (secondary N) is 1. The minimum Gasteiger partial charge on any atom is -0.486 e. The van der Waals surface area contributed by atoms with Crippen molar-refractivity contribution in [3.8, 4) is 11.5 Å². The highest BCUT2D eigenvalue weighted by Gasteiger charge is 2.16. The SMILES string of the molecule is Cc1cc(NC(=O)CCC(=O)c2ccc3c(c2)OCCO3)c2ccccc2n1. The number of carbonyl (C=O) groups excluding carboxylic acids is 2. The Hall–Kier alpha value is -3.41. The van der Waals surface area contributed by atoms with Crippen LogP contribution in [0.5, 0.6) is 11.5 Å². The van der Waals surface area contributed by atoms with Crippen molar-refractivity contribution in [1.82, 2.24) is 4.98 Å². The third-order valence-electron chi connectivity index (χ3n) is 4.56. The second-order valence-electron chi connectivity index (χ2n) is 6.66. The summed E-state index contributed by atoms with van der Waals surface area (Å²) in [5.41, 5.74) is 2.87. The van der Waals surface area contributed by atoms with Crippen LogP contribution in [0, 0.1) is 6.92 Å². The van der Waals surface area contributed by atoms with Crippen LogP contribution >= 0.6 is 0 Å². The van der Waals surface area contributed by atoms with Crippen molar-refractivity contribution in [2.24, 2.45) is 0 Å². The maximum absolute atomic E-state index is 12.5. The van der Waals surface area contributed by atoms with Gasteiger partial charge in [0.25, 0.3) is 0 Å². The lowest BCUT2D eigenvalue weighted by Gasteiger charge is -2.18. The van der Waals surface area contributed by atoms with Crippen LogP contribution in [0.25, 0.3) is 10.9 Å². The number of aromatic nitrogens is 1. The van der Waals surface area contributed by atoms with E-state index in [0.29, 0.717) is 36.0 Å². The van der Waals surface area contributed by atoms with Crippen LogP contribution in [-0.2, 0) is 4.79 Å². The highest BCUT2D eigenvalue weighted by molar-refractivity contribution is 6.03. The number of hydrogen-bond donors (Lipinski definition) is 1. The number of pyridine rings is 1. The Kier molecular flexibility index (Phi) is 4.93. The zero-order chi connectivity index (χ0) is 19.5. The van der Waals surface area contributed by atoms with Crippen LogP contribution in [0.2, 0.25) is 0 Å². The molecule has 142 valence electrons. The number of carbonyl (C=O) groups is 2. The number of aryl methyl sites for hydroxylation is 1. The smallest absolute Gasteiger partial charge is 0.224 e. The van der Waals surface area contributed by atoms with Gasteiger partial charge in [-0.1, -0.05) is 18.2 Å². The van der Waals surface area contributed by atoms with Gasteiger partial charge in [0.2, 0.25) is 5.91 Å². The molecule has 3 aromatic rings. The van der Waals surface area contributed by atoms with E-state index in [-0.39, 0.29) is 24.5 Å². The number of hydrogen-bond acceptors (Lipinski definition) is 5. The summed E-state index contributed by atoms with van der Waals surface area (Å²) >= 11 is 0.